The van der Waals surface area contributed by atoms with E-state index in [1.54, 1.807) is 11.9 Å². The molecule has 0 aromatic rings. The molecule has 0 radical (unpaired) electrons. The lowest BCUT2D eigenvalue weighted by Crippen LogP contribution is -2.38. The maximum atomic E-state index is 11.2. The maximum Gasteiger partial charge on any atom is 0.241 e. The van der Waals surface area contributed by atoms with Gasteiger partial charge in [-0.15, -0.1) is 11.6 Å². The number of carbonyl (C=O) groups is 2. The number of likely N-dealkylation sites (N-methyl/N-ethyl adjacent to an activating group) is 1. The van der Waals surface area contributed by atoms with Crippen molar-refractivity contribution >= 4 is 23.4 Å². The van der Waals surface area contributed by atoms with Gasteiger partial charge in [0.05, 0.1) is 6.54 Å². The quantitative estimate of drug-likeness (QED) is 0.654. The maximum absolute atomic E-state index is 11.2. The molecule has 13 heavy (non-hydrogen) atoms. The van der Waals surface area contributed by atoms with Crippen molar-refractivity contribution in [2.24, 2.45) is 0 Å². The van der Waals surface area contributed by atoms with Gasteiger partial charge in [-0.05, 0) is 6.92 Å². The van der Waals surface area contributed by atoms with E-state index in [1.807, 2.05) is 6.92 Å². The molecule has 76 valence electrons. The predicted molar refractivity (Wildman–Crippen MR) is 51.7 cm³/mol. The summed E-state index contributed by atoms with van der Waals surface area (Å²) in [6.45, 7) is 2.57. The number of nitrogens with zero attached hydrogens (tertiary/aromatic N) is 1. The molecule has 0 aliphatic heterocycles. The molecule has 0 unspecified atom stereocenters. The Morgan fingerprint density at radius 1 is 1.46 bits per heavy atom. The van der Waals surface area contributed by atoms with Crippen LogP contribution in [0.1, 0.15) is 13.3 Å². The smallest absolute Gasteiger partial charge is 0.241 e. The summed E-state index contributed by atoms with van der Waals surface area (Å²) in [5.74, 6) is 0.00202. The Morgan fingerprint density at radius 2 is 2.08 bits per heavy atom. The van der Waals surface area contributed by atoms with E-state index in [4.69, 9.17) is 11.6 Å². The van der Waals surface area contributed by atoms with Crippen molar-refractivity contribution in [1.29, 1.82) is 0 Å². The minimum Gasteiger partial charge on any atom is -0.347 e. The van der Waals surface area contributed by atoms with Gasteiger partial charge in [-0.3, -0.25) is 9.59 Å². The Labute approximate surface area is 83.2 Å². The van der Waals surface area contributed by atoms with Gasteiger partial charge >= 0.3 is 0 Å². The third-order valence-corrected chi connectivity index (χ3v) is 1.85. The van der Waals surface area contributed by atoms with Crippen LogP contribution in [0.25, 0.3) is 0 Å². The Morgan fingerprint density at radius 3 is 2.54 bits per heavy atom. The van der Waals surface area contributed by atoms with Crippen LogP contribution in [0.3, 0.4) is 0 Å². The second kappa shape index (κ2) is 6.71. The molecule has 0 rings (SSSR count). The van der Waals surface area contributed by atoms with Crippen LogP contribution in [-0.4, -0.2) is 42.7 Å². The molecule has 0 saturated carbocycles. The molecule has 0 spiro atoms. The van der Waals surface area contributed by atoms with Gasteiger partial charge in [0.25, 0.3) is 0 Å². The van der Waals surface area contributed by atoms with Gasteiger partial charge in [0, 0.05) is 25.9 Å². The Balaban J connectivity index is 3.63. The van der Waals surface area contributed by atoms with Gasteiger partial charge in [-0.2, -0.15) is 0 Å². The fourth-order valence-electron chi connectivity index (χ4n) is 0.660. The van der Waals surface area contributed by atoms with Crippen LogP contribution >= 0.6 is 11.6 Å². The highest BCUT2D eigenvalue weighted by molar-refractivity contribution is 6.18. The molecule has 4 nitrogen and oxygen atoms in total. The average molecular weight is 207 g/mol. The standard InChI is InChI=1S/C8H15ClN2O2/c1-3-11(2)8(13)6-10-7(12)4-5-9/h3-6H2,1-2H3,(H,10,12). The molecular formula is C8H15ClN2O2. The molecule has 1 N–H and O–H groups in total. The molecule has 0 aromatic heterocycles. The van der Waals surface area contributed by atoms with Crippen LogP contribution in [0.5, 0.6) is 0 Å². The summed E-state index contributed by atoms with van der Waals surface area (Å²) in [6.07, 6.45) is 0.255. The number of alkyl halides is 1. The van der Waals surface area contributed by atoms with Crippen molar-refractivity contribution in [3.63, 3.8) is 0 Å². The first kappa shape index (κ1) is 12.2. The minimum absolute atomic E-state index is 0.0556. The number of rotatable bonds is 5. The van der Waals surface area contributed by atoms with Gasteiger partial charge in [-0.25, -0.2) is 0 Å². The lowest BCUT2D eigenvalue weighted by atomic mass is 10.4. The van der Waals surface area contributed by atoms with E-state index >= 15 is 0 Å². The highest BCUT2D eigenvalue weighted by Gasteiger charge is 2.07. The molecule has 0 aromatic carbocycles. The summed E-state index contributed by atoms with van der Waals surface area (Å²) in [4.78, 5) is 23.6. The van der Waals surface area contributed by atoms with Crippen LogP contribution < -0.4 is 5.32 Å². The fraction of sp³-hybridized carbons (Fsp3) is 0.750. The van der Waals surface area contributed by atoms with Crippen molar-refractivity contribution < 1.29 is 9.59 Å². The number of halogens is 1. The molecule has 0 aliphatic rings. The van der Waals surface area contributed by atoms with E-state index in [0.717, 1.165) is 0 Å². The summed E-state index contributed by atoms with van der Waals surface area (Å²) in [5, 5.41) is 2.48. The first-order valence-corrected chi connectivity index (χ1v) is 4.71. The second-order valence-electron chi connectivity index (χ2n) is 2.62. The van der Waals surface area contributed by atoms with Crippen molar-refractivity contribution in [3.05, 3.63) is 0 Å². The highest BCUT2D eigenvalue weighted by atomic mass is 35.5. The first-order valence-electron chi connectivity index (χ1n) is 4.18. The number of carbonyl (C=O) groups excluding carboxylic acids is 2. The summed E-state index contributed by atoms with van der Waals surface area (Å²) in [5.41, 5.74) is 0. The number of hydrogen-bond acceptors (Lipinski definition) is 2. The molecule has 0 heterocycles. The molecule has 5 heteroatoms. The highest BCUT2D eigenvalue weighted by Crippen LogP contribution is 1.85. The van der Waals surface area contributed by atoms with Crippen molar-refractivity contribution in [1.82, 2.24) is 10.2 Å². The topological polar surface area (TPSA) is 49.4 Å². The second-order valence-corrected chi connectivity index (χ2v) is 3.00. The largest absolute Gasteiger partial charge is 0.347 e. The van der Waals surface area contributed by atoms with E-state index in [-0.39, 0.29) is 30.7 Å². The van der Waals surface area contributed by atoms with E-state index in [0.29, 0.717) is 6.54 Å². The van der Waals surface area contributed by atoms with E-state index in [2.05, 4.69) is 5.32 Å². The third kappa shape index (κ3) is 5.47. The van der Waals surface area contributed by atoms with Gasteiger partial charge in [0.1, 0.15) is 0 Å². The molecular weight excluding hydrogens is 192 g/mol. The van der Waals surface area contributed by atoms with Gasteiger partial charge < -0.3 is 10.2 Å². The van der Waals surface area contributed by atoms with Gasteiger partial charge in [0.15, 0.2) is 0 Å². The van der Waals surface area contributed by atoms with Crippen LogP contribution in [0, 0.1) is 0 Å². The average Bonchev–Trinajstić information content (AvgIpc) is 2.13. The Kier molecular flexibility index (Phi) is 6.32. The monoisotopic (exact) mass is 206 g/mol. The lowest BCUT2D eigenvalue weighted by molar-refractivity contribution is -0.131. The predicted octanol–water partition coefficient (Wildman–Crippen LogP) is 0.210. The zero-order valence-electron chi connectivity index (χ0n) is 7.97. The Hall–Kier alpha value is -0.770. The van der Waals surface area contributed by atoms with Gasteiger partial charge in [0.2, 0.25) is 11.8 Å². The van der Waals surface area contributed by atoms with Crippen molar-refractivity contribution in [2.45, 2.75) is 13.3 Å². The van der Waals surface area contributed by atoms with Gasteiger partial charge in [-0.1, -0.05) is 0 Å². The molecule has 2 amide bonds. The van der Waals surface area contributed by atoms with Crippen LogP contribution in [0.15, 0.2) is 0 Å². The van der Waals surface area contributed by atoms with E-state index in [1.165, 1.54) is 0 Å². The molecule has 0 saturated heterocycles. The molecule has 0 aliphatic carbocycles. The number of amides is 2. The summed E-state index contributed by atoms with van der Waals surface area (Å²) in [7, 11) is 1.69. The lowest BCUT2D eigenvalue weighted by Gasteiger charge is -2.14. The SMILES string of the molecule is CCN(C)C(=O)CNC(=O)CCCl. The number of nitrogens with one attached hydrogen (secondary N) is 1. The Bertz CT molecular complexity index is 185. The van der Waals surface area contributed by atoms with Crippen LogP contribution in [0.2, 0.25) is 0 Å². The zero-order valence-corrected chi connectivity index (χ0v) is 8.73. The van der Waals surface area contributed by atoms with Crippen LogP contribution in [-0.2, 0) is 9.59 Å². The molecule has 0 atom stereocenters. The zero-order chi connectivity index (χ0) is 10.3. The number of hydrogen-bond donors (Lipinski definition) is 1. The first-order chi connectivity index (χ1) is 6.11. The molecule has 0 bridgehead atoms. The molecule has 0 fully saturated rings. The summed E-state index contributed by atoms with van der Waals surface area (Å²) in [6, 6.07) is 0. The van der Waals surface area contributed by atoms with E-state index in [9.17, 15) is 9.59 Å². The fourth-order valence-corrected chi connectivity index (χ4v) is 0.831. The minimum atomic E-state index is -0.187. The van der Waals surface area contributed by atoms with E-state index < -0.39 is 0 Å². The normalized spacial score (nSPS) is 9.46. The van der Waals surface area contributed by atoms with Crippen molar-refractivity contribution in [2.75, 3.05) is 26.0 Å². The van der Waals surface area contributed by atoms with Crippen molar-refractivity contribution in [3.8, 4) is 0 Å². The van der Waals surface area contributed by atoms with Crippen LogP contribution in [0.4, 0.5) is 0 Å². The summed E-state index contributed by atoms with van der Waals surface area (Å²) >= 11 is 5.35. The third-order valence-electron chi connectivity index (χ3n) is 1.66. The summed E-state index contributed by atoms with van der Waals surface area (Å²) < 4.78 is 0.